The lowest BCUT2D eigenvalue weighted by molar-refractivity contribution is 0.130. The number of quaternary nitrogens is 1. The van der Waals surface area contributed by atoms with Gasteiger partial charge in [0.15, 0.2) is 5.69 Å². The van der Waals surface area contributed by atoms with Gasteiger partial charge in [-0.2, -0.15) is 9.28 Å². The fourth-order valence-electron chi connectivity index (χ4n) is 1.78. The van der Waals surface area contributed by atoms with Gasteiger partial charge in [0.25, 0.3) is 0 Å². The first kappa shape index (κ1) is 9.93. The molecule has 0 bridgehead atoms. The van der Waals surface area contributed by atoms with E-state index in [1.807, 2.05) is 50.5 Å². The molecular weight excluding hydrogens is 190 g/mol. The first-order valence-corrected chi connectivity index (χ1v) is 5.01. The molecule has 0 spiro atoms. The standard InChI is InChI=1S/C12H14NO2/c1-3-15-12(14)13(2)9-8-10-6-4-5-7-11(10)13/h4-9H,3H2,1-2H3/q+1/t13-/m0/s1. The molecule has 3 nitrogen and oxygen atoms in total. The molecule has 0 radical (unpaired) electrons. The quantitative estimate of drug-likeness (QED) is 0.657. The fraction of sp³-hybridized carbons (Fsp3) is 0.250. The highest BCUT2D eigenvalue weighted by atomic mass is 16.6. The number of carbonyl (C=O) groups is 1. The Bertz CT molecular complexity index is 425. The van der Waals surface area contributed by atoms with E-state index in [1.54, 1.807) is 0 Å². The van der Waals surface area contributed by atoms with Crippen LogP contribution in [-0.2, 0) is 4.74 Å². The van der Waals surface area contributed by atoms with E-state index >= 15 is 0 Å². The summed E-state index contributed by atoms with van der Waals surface area (Å²) in [6.07, 6.45) is 3.56. The van der Waals surface area contributed by atoms with Crippen LogP contribution in [0.5, 0.6) is 0 Å². The van der Waals surface area contributed by atoms with Gasteiger partial charge < -0.3 is 4.74 Å². The minimum atomic E-state index is -0.237. The maximum atomic E-state index is 11.8. The number of hydrogen-bond donors (Lipinski definition) is 0. The summed E-state index contributed by atoms with van der Waals surface area (Å²) in [6, 6.07) is 7.84. The van der Waals surface area contributed by atoms with Gasteiger partial charge in [0.2, 0.25) is 0 Å². The number of carbonyl (C=O) groups excluding carboxylic acids is 1. The molecule has 15 heavy (non-hydrogen) atoms. The number of nitrogens with zero attached hydrogens (tertiary/aromatic N) is 1. The molecule has 1 aromatic carbocycles. The number of benzene rings is 1. The summed E-state index contributed by atoms with van der Waals surface area (Å²) < 4.78 is 5.17. The molecule has 1 heterocycles. The molecule has 78 valence electrons. The molecule has 3 heteroatoms. The third-order valence-corrected chi connectivity index (χ3v) is 2.64. The van der Waals surface area contributed by atoms with Crippen molar-refractivity contribution in [3.63, 3.8) is 0 Å². The first-order valence-electron chi connectivity index (χ1n) is 5.01. The second kappa shape index (κ2) is 3.51. The van der Waals surface area contributed by atoms with Crippen LogP contribution >= 0.6 is 0 Å². The van der Waals surface area contributed by atoms with E-state index in [4.69, 9.17) is 4.74 Å². The van der Waals surface area contributed by atoms with E-state index in [2.05, 4.69) is 0 Å². The summed E-state index contributed by atoms with van der Waals surface area (Å²) in [5.74, 6) is 0. The molecule has 1 amide bonds. The van der Waals surface area contributed by atoms with Gasteiger partial charge in [0.05, 0.1) is 13.7 Å². The molecular formula is C12H14NO2+. The number of hydrogen-bond acceptors (Lipinski definition) is 2. The van der Waals surface area contributed by atoms with E-state index in [9.17, 15) is 4.79 Å². The lowest BCUT2D eigenvalue weighted by Crippen LogP contribution is -2.44. The molecule has 0 N–H and O–H groups in total. The topological polar surface area (TPSA) is 26.3 Å². The Hall–Kier alpha value is -1.61. The van der Waals surface area contributed by atoms with E-state index < -0.39 is 0 Å². The average molecular weight is 204 g/mol. The Labute approximate surface area is 89.2 Å². The van der Waals surface area contributed by atoms with Crippen molar-refractivity contribution >= 4 is 17.9 Å². The predicted molar refractivity (Wildman–Crippen MR) is 60.2 cm³/mol. The van der Waals surface area contributed by atoms with Crippen molar-refractivity contribution in [3.05, 3.63) is 36.0 Å². The monoisotopic (exact) mass is 204 g/mol. The van der Waals surface area contributed by atoms with Crippen LogP contribution in [0.1, 0.15) is 12.5 Å². The maximum absolute atomic E-state index is 11.8. The Balaban J connectivity index is 2.41. The first-order chi connectivity index (χ1) is 7.18. The van der Waals surface area contributed by atoms with Gasteiger partial charge in [0, 0.05) is 17.7 Å². The number of rotatable bonds is 1. The van der Waals surface area contributed by atoms with Crippen molar-refractivity contribution in [1.29, 1.82) is 0 Å². The third-order valence-electron chi connectivity index (χ3n) is 2.64. The highest BCUT2D eigenvalue weighted by Crippen LogP contribution is 2.34. The Morgan fingerprint density at radius 1 is 1.40 bits per heavy atom. The van der Waals surface area contributed by atoms with E-state index in [0.29, 0.717) is 6.61 Å². The minimum absolute atomic E-state index is 0.101. The molecule has 0 fully saturated rings. The van der Waals surface area contributed by atoms with E-state index in [1.165, 1.54) is 0 Å². The van der Waals surface area contributed by atoms with E-state index in [0.717, 1.165) is 11.3 Å². The van der Waals surface area contributed by atoms with Gasteiger partial charge in [-0.1, -0.05) is 12.1 Å². The second-order valence-electron chi connectivity index (χ2n) is 3.65. The normalized spacial score (nSPS) is 22.5. The third kappa shape index (κ3) is 1.45. The number of para-hydroxylation sites is 1. The van der Waals surface area contributed by atoms with Crippen LogP contribution in [0.4, 0.5) is 10.5 Å². The molecule has 0 unspecified atom stereocenters. The van der Waals surface area contributed by atoms with Gasteiger partial charge in [0.1, 0.15) is 6.20 Å². The van der Waals surface area contributed by atoms with Crippen molar-refractivity contribution in [2.24, 2.45) is 0 Å². The zero-order chi connectivity index (χ0) is 10.9. The predicted octanol–water partition coefficient (Wildman–Crippen LogP) is 2.76. The van der Waals surface area contributed by atoms with Crippen LogP contribution in [0.15, 0.2) is 30.5 Å². The van der Waals surface area contributed by atoms with Crippen LogP contribution in [0.25, 0.3) is 6.08 Å². The average Bonchev–Trinajstić information content (AvgIpc) is 2.59. The number of fused-ring (bicyclic) bond motifs is 1. The Kier molecular flexibility index (Phi) is 2.32. The highest BCUT2D eigenvalue weighted by Gasteiger charge is 2.39. The summed E-state index contributed by atoms with van der Waals surface area (Å²) in [5.41, 5.74) is 2.05. The summed E-state index contributed by atoms with van der Waals surface area (Å²) >= 11 is 0. The highest BCUT2D eigenvalue weighted by molar-refractivity contribution is 5.91. The van der Waals surface area contributed by atoms with Crippen molar-refractivity contribution in [2.75, 3.05) is 13.7 Å². The molecule has 0 saturated heterocycles. The second-order valence-corrected chi connectivity index (χ2v) is 3.65. The van der Waals surface area contributed by atoms with Crippen LogP contribution in [0.3, 0.4) is 0 Å². The van der Waals surface area contributed by atoms with Gasteiger partial charge in [-0.25, -0.2) is 0 Å². The number of amides is 1. The van der Waals surface area contributed by atoms with Gasteiger partial charge in [-0.05, 0) is 13.0 Å². The lowest BCUT2D eigenvalue weighted by Gasteiger charge is -2.22. The molecule has 1 aliphatic heterocycles. The summed E-state index contributed by atoms with van der Waals surface area (Å²) in [5, 5.41) is 0. The van der Waals surface area contributed by atoms with Crippen molar-refractivity contribution in [2.45, 2.75) is 6.92 Å². The molecule has 0 aromatic heterocycles. The lowest BCUT2D eigenvalue weighted by atomic mass is 10.2. The smallest absolute Gasteiger partial charge is 0.420 e. The van der Waals surface area contributed by atoms with Crippen LogP contribution < -0.4 is 4.48 Å². The van der Waals surface area contributed by atoms with Crippen LogP contribution in [-0.4, -0.2) is 19.7 Å². The van der Waals surface area contributed by atoms with Crippen molar-refractivity contribution < 1.29 is 9.53 Å². The SMILES string of the molecule is CCOC(=O)[N@@+]1(C)C=Cc2ccccc21. The number of ether oxygens (including phenoxy) is 1. The van der Waals surface area contributed by atoms with E-state index in [-0.39, 0.29) is 10.6 Å². The largest absolute Gasteiger partial charge is 0.525 e. The molecule has 1 aliphatic rings. The summed E-state index contributed by atoms with van der Waals surface area (Å²) in [4.78, 5) is 11.8. The van der Waals surface area contributed by atoms with Gasteiger partial charge in [-0.15, -0.1) is 0 Å². The molecule has 0 saturated carbocycles. The molecule has 1 atom stereocenters. The van der Waals surface area contributed by atoms with Gasteiger partial charge in [-0.3, -0.25) is 0 Å². The van der Waals surface area contributed by atoms with Gasteiger partial charge >= 0.3 is 6.09 Å². The fourth-order valence-corrected chi connectivity index (χ4v) is 1.78. The van der Waals surface area contributed by atoms with Crippen molar-refractivity contribution in [1.82, 2.24) is 4.48 Å². The molecule has 0 aliphatic carbocycles. The summed E-state index contributed by atoms with van der Waals surface area (Å²) in [7, 11) is 1.83. The van der Waals surface area contributed by atoms with Crippen LogP contribution in [0.2, 0.25) is 0 Å². The van der Waals surface area contributed by atoms with Crippen molar-refractivity contribution in [3.8, 4) is 0 Å². The maximum Gasteiger partial charge on any atom is 0.525 e. The van der Waals surface area contributed by atoms with Crippen LogP contribution in [0, 0.1) is 0 Å². The summed E-state index contributed by atoms with van der Waals surface area (Å²) in [6.45, 7) is 2.22. The molecule has 2 rings (SSSR count). The minimum Gasteiger partial charge on any atom is -0.420 e. The Morgan fingerprint density at radius 2 is 2.13 bits per heavy atom. The Morgan fingerprint density at radius 3 is 2.87 bits per heavy atom. The zero-order valence-corrected chi connectivity index (χ0v) is 8.93. The molecule has 1 aromatic rings. The zero-order valence-electron chi connectivity index (χ0n) is 8.93.